The molecule has 0 aliphatic carbocycles. The lowest BCUT2D eigenvalue weighted by Crippen LogP contribution is -2.12. The molecule has 0 saturated carbocycles. The van der Waals surface area contributed by atoms with Crippen molar-refractivity contribution < 1.29 is 4.39 Å². The summed E-state index contributed by atoms with van der Waals surface area (Å²) in [6.07, 6.45) is 1.41. The normalized spacial score (nSPS) is 10.8. The number of nitrogens with zero attached hydrogens (tertiary/aromatic N) is 5. The number of hydrogen-bond acceptors (Lipinski definition) is 5. The summed E-state index contributed by atoms with van der Waals surface area (Å²) in [5.41, 5.74) is 1.87. The van der Waals surface area contributed by atoms with Crippen LogP contribution in [0.1, 0.15) is 0 Å². The molecule has 0 aliphatic heterocycles. The molecule has 25 heavy (non-hydrogen) atoms. The van der Waals surface area contributed by atoms with Gasteiger partial charge in [-0.25, -0.2) is 14.2 Å². The van der Waals surface area contributed by atoms with Crippen LogP contribution in [0.4, 0.5) is 4.39 Å². The van der Waals surface area contributed by atoms with E-state index in [1.165, 1.54) is 18.3 Å². The minimum atomic E-state index is -0.512. The molecule has 4 rings (SSSR count). The zero-order valence-electron chi connectivity index (χ0n) is 12.8. The van der Waals surface area contributed by atoms with Crippen LogP contribution >= 0.6 is 0 Å². The number of halogens is 1. The van der Waals surface area contributed by atoms with E-state index in [1.54, 1.807) is 16.8 Å². The van der Waals surface area contributed by atoms with Crippen molar-refractivity contribution in [3.8, 4) is 28.3 Å². The predicted octanol–water partition coefficient (Wildman–Crippen LogP) is 2.22. The molecule has 0 amide bonds. The highest BCUT2D eigenvalue weighted by molar-refractivity contribution is 5.77. The monoisotopic (exact) mass is 334 g/mol. The van der Waals surface area contributed by atoms with Gasteiger partial charge < -0.3 is 4.98 Å². The van der Waals surface area contributed by atoms with E-state index in [9.17, 15) is 9.18 Å². The Labute approximate surface area is 140 Å². The van der Waals surface area contributed by atoms with E-state index in [2.05, 4.69) is 25.5 Å². The molecular formula is C17H11FN6O. The average Bonchev–Trinajstić information content (AvgIpc) is 3.12. The van der Waals surface area contributed by atoms with Crippen LogP contribution in [0.2, 0.25) is 0 Å². The van der Waals surface area contributed by atoms with Gasteiger partial charge in [0, 0.05) is 6.20 Å². The lowest BCUT2D eigenvalue weighted by atomic mass is 10.1. The van der Waals surface area contributed by atoms with Gasteiger partial charge in [0.15, 0.2) is 5.82 Å². The summed E-state index contributed by atoms with van der Waals surface area (Å²) in [6, 6.07) is 15.1. The summed E-state index contributed by atoms with van der Waals surface area (Å²) in [6.45, 7) is 0. The van der Waals surface area contributed by atoms with Crippen LogP contribution in [-0.4, -0.2) is 30.2 Å². The summed E-state index contributed by atoms with van der Waals surface area (Å²) in [5, 5.41) is 11.8. The lowest BCUT2D eigenvalue weighted by Gasteiger charge is -2.09. The maximum Gasteiger partial charge on any atom is 0.345 e. The fraction of sp³-hybridized carbons (Fsp3) is 0. The smallest absolute Gasteiger partial charge is 0.305 e. The lowest BCUT2D eigenvalue weighted by molar-refractivity contribution is 0.628. The summed E-state index contributed by atoms with van der Waals surface area (Å²) in [7, 11) is 0. The molecular weight excluding hydrogens is 323 g/mol. The highest BCUT2D eigenvalue weighted by Gasteiger charge is 2.17. The summed E-state index contributed by atoms with van der Waals surface area (Å²) in [4.78, 5) is 18.2. The third-order valence-corrected chi connectivity index (χ3v) is 3.66. The predicted molar refractivity (Wildman–Crippen MR) is 88.4 cm³/mol. The Morgan fingerprint density at radius 2 is 1.76 bits per heavy atom. The number of benzene rings is 2. The molecule has 1 N–H and O–H groups in total. The second-order valence-corrected chi connectivity index (χ2v) is 5.23. The zero-order valence-corrected chi connectivity index (χ0v) is 12.8. The van der Waals surface area contributed by atoms with Gasteiger partial charge in [0.1, 0.15) is 5.82 Å². The quantitative estimate of drug-likeness (QED) is 0.620. The van der Waals surface area contributed by atoms with Gasteiger partial charge >= 0.3 is 5.69 Å². The van der Waals surface area contributed by atoms with Gasteiger partial charge in [-0.15, -0.1) is 5.10 Å². The maximum absolute atomic E-state index is 13.2. The van der Waals surface area contributed by atoms with Crippen LogP contribution < -0.4 is 5.69 Å². The van der Waals surface area contributed by atoms with Crippen LogP contribution in [0.3, 0.4) is 0 Å². The van der Waals surface area contributed by atoms with Gasteiger partial charge in [-0.05, 0) is 52.4 Å². The number of para-hydroxylation sites is 1. The van der Waals surface area contributed by atoms with Gasteiger partial charge in [-0.1, -0.05) is 18.2 Å². The number of tetrazole rings is 1. The van der Waals surface area contributed by atoms with E-state index in [4.69, 9.17) is 0 Å². The fourth-order valence-corrected chi connectivity index (χ4v) is 2.51. The fourth-order valence-electron chi connectivity index (χ4n) is 2.51. The molecule has 0 saturated heterocycles. The molecule has 0 bridgehead atoms. The van der Waals surface area contributed by atoms with E-state index >= 15 is 0 Å². The highest BCUT2D eigenvalue weighted by atomic mass is 19.1. The van der Waals surface area contributed by atoms with Crippen molar-refractivity contribution in [2.24, 2.45) is 0 Å². The van der Waals surface area contributed by atoms with Crippen LogP contribution in [-0.2, 0) is 0 Å². The first-order chi connectivity index (χ1) is 12.2. The van der Waals surface area contributed by atoms with Crippen molar-refractivity contribution in [3.05, 3.63) is 77.1 Å². The molecule has 0 unspecified atom stereocenters. The van der Waals surface area contributed by atoms with E-state index in [0.29, 0.717) is 22.6 Å². The largest absolute Gasteiger partial charge is 0.345 e. The molecule has 0 aliphatic rings. The maximum atomic E-state index is 13.2. The summed E-state index contributed by atoms with van der Waals surface area (Å²) < 4.78 is 14.8. The van der Waals surface area contributed by atoms with Crippen molar-refractivity contribution in [2.45, 2.75) is 0 Å². The molecule has 0 atom stereocenters. The van der Waals surface area contributed by atoms with Gasteiger partial charge in [-0.2, -0.15) is 4.68 Å². The van der Waals surface area contributed by atoms with Gasteiger partial charge in [0.2, 0.25) is 0 Å². The first-order valence-electron chi connectivity index (χ1n) is 7.42. The summed E-state index contributed by atoms with van der Waals surface area (Å²) >= 11 is 0. The Kier molecular flexibility index (Phi) is 3.62. The molecule has 0 fully saturated rings. The summed E-state index contributed by atoms with van der Waals surface area (Å²) in [5.74, 6) is 0.0464. The minimum Gasteiger partial charge on any atom is -0.305 e. The van der Waals surface area contributed by atoms with Gasteiger partial charge in [0.05, 0.1) is 16.9 Å². The first-order valence-corrected chi connectivity index (χ1v) is 7.42. The second-order valence-electron chi connectivity index (χ2n) is 5.23. The number of aromatic nitrogens is 6. The molecule has 122 valence electrons. The standard InChI is InChI=1S/C17H11FN6O/c18-12-8-6-11(7-9-12)15-14(10-19-17(25)20-15)16-21-22-23-24(16)13-4-2-1-3-5-13/h1-10H,(H,19,20,25). The molecule has 0 radical (unpaired) electrons. The van der Waals surface area contributed by atoms with Crippen molar-refractivity contribution in [1.82, 2.24) is 30.2 Å². The Hall–Kier alpha value is -3.68. The molecule has 8 heteroatoms. The van der Waals surface area contributed by atoms with Crippen LogP contribution in [0.5, 0.6) is 0 Å². The second kappa shape index (κ2) is 6.08. The first kappa shape index (κ1) is 14.9. The molecule has 7 nitrogen and oxygen atoms in total. The Morgan fingerprint density at radius 1 is 1.00 bits per heavy atom. The van der Waals surface area contributed by atoms with Crippen LogP contribution in [0.15, 0.2) is 65.6 Å². The van der Waals surface area contributed by atoms with E-state index < -0.39 is 5.69 Å². The topological polar surface area (TPSA) is 89.3 Å². The van der Waals surface area contributed by atoms with Gasteiger partial charge in [0.25, 0.3) is 0 Å². The number of nitrogens with one attached hydrogen (secondary N) is 1. The molecule has 4 aromatic rings. The number of H-pyrrole nitrogens is 1. The number of hydrogen-bond donors (Lipinski definition) is 1. The minimum absolute atomic E-state index is 0.365. The Balaban J connectivity index is 1.92. The van der Waals surface area contributed by atoms with Gasteiger partial charge in [-0.3, -0.25) is 0 Å². The SMILES string of the molecule is O=c1ncc(-c2nnnn2-c2ccccc2)c(-c2ccc(F)cc2)[nH]1. The Bertz CT molecular complexity index is 1070. The molecule has 2 heterocycles. The number of rotatable bonds is 3. The number of aromatic amines is 1. The van der Waals surface area contributed by atoms with Crippen LogP contribution in [0, 0.1) is 5.82 Å². The molecule has 2 aromatic carbocycles. The Morgan fingerprint density at radius 3 is 2.52 bits per heavy atom. The van der Waals surface area contributed by atoms with E-state index in [1.807, 2.05) is 30.3 Å². The molecule has 0 spiro atoms. The third kappa shape index (κ3) is 2.80. The zero-order chi connectivity index (χ0) is 17.2. The van der Waals surface area contributed by atoms with Crippen molar-refractivity contribution in [3.63, 3.8) is 0 Å². The van der Waals surface area contributed by atoms with Crippen molar-refractivity contribution >= 4 is 0 Å². The van der Waals surface area contributed by atoms with E-state index in [-0.39, 0.29) is 5.82 Å². The third-order valence-electron chi connectivity index (χ3n) is 3.66. The highest BCUT2D eigenvalue weighted by Crippen LogP contribution is 2.28. The molecule has 2 aromatic heterocycles. The van der Waals surface area contributed by atoms with Crippen molar-refractivity contribution in [2.75, 3.05) is 0 Å². The van der Waals surface area contributed by atoms with E-state index in [0.717, 1.165) is 5.69 Å². The van der Waals surface area contributed by atoms with Crippen molar-refractivity contribution in [1.29, 1.82) is 0 Å². The van der Waals surface area contributed by atoms with Crippen LogP contribution in [0.25, 0.3) is 28.3 Å². The average molecular weight is 334 g/mol.